The first-order valence-corrected chi connectivity index (χ1v) is 7.27. The average molecular weight is 334 g/mol. The Morgan fingerprint density at radius 3 is 2.50 bits per heavy atom. The molecule has 0 amide bonds. The summed E-state index contributed by atoms with van der Waals surface area (Å²) >= 11 is 0. The van der Waals surface area contributed by atoms with E-state index in [0.29, 0.717) is 4.73 Å². The Morgan fingerprint density at radius 2 is 1.92 bits per heavy atom. The average Bonchev–Trinajstić information content (AvgIpc) is 2.45. The van der Waals surface area contributed by atoms with Crippen LogP contribution in [-0.4, -0.2) is 21.5 Å². The minimum absolute atomic E-state index is 0.0616. The van der Waals surface area contributed by atoms with Gasteiger partial charge in [-0.3, -0.25) is 0 Å². The summed E-state index contributed by atoms with van der Waals surface area (Å²) in [5.41, 5.74) is -0.940. The zero-order valence-electron chi connectivity index (χ0n) is 13.9. The number of benzene rings is 1. The van der Waals surface area contributed by atoms with Gasteiger partial charge in [-0.1, -0.05) is 5.16 Å². The maximum atomic E-state index is 14.0. The van der Waals surface area contributed by atoms with Crippen molar-refractivity contribution in [2.75, 3.05) is 0 Å². The second-order valence-electron chi connectivity index (χ2n) is 6.33. The van der Waals surface area contributed by atoms with Gasteiger partial charge in [0.1, 0.15) is 17.2 Å². The predicted molar refractivity (Wildman–Crippen MR) is 86.3 cm³/mol. The van der Waals surface area contributed by atoms with Crippen LogP contribution in [0.5, 0.6) is 11.5 Å². The van der Waals surface area contributed by atoms with E-state index in [1.54, 1.807) is 20.8 Å². The number of hydrogen-bond donors (Lipinski definition) is 2. The number of aryl methyl sites for hydroxylation is 1. The molecule has 1 aromatic carbocycles. The van der Waals surface area contributed by atoms with Gasteiger partial charge in [-0.25, -0.2) is 4.39 Å². The first kappa shape index (κ1) is 17.5. The van der Waals surface area contributed by atoms with Gasteiger partial charge in [0.05, 0.1) is 5.56 Å². The molecule has 0 spiro atoms. The molecule has 2 N–H and O–H groups in total. The van der Waals surface area contributed by atoms with Crippen LogP contribution < -0.4 is 4.73 Å². The normalized spacial score (nSPS) is 12.3. The van der Waals surface area contributed by atoms with E-state index in [4.69, 9.17) is 4.84 Å². The molecule has 0 unspecified atom stereocenters. The van der Waals surface area contributed by atoms with Crippen molar-refractivity contribution in [3.8, 4) is 11.5 Å². The van der Waals surface area contributed by atoms with E-state index in [-0.39, 0.29) is 34.0 Å². The summed E-state index contributed by atoms with van der Waals surface area (Å²) < 4.78 is 14.3. The highest BCUT2D eigenvalue weighted by Gasteiger charge is 2.26. The molecule has 7 heteroatoms. The summed E-state index contributed by atoms with van der Waals surface area (Å²) in [7, 11) is 0. The molecule has 0 aliphatic heterocycles. The quantitative estimate of drug-likeness (QED) is 0.391. The smallest absolute Gasteiger partial charge is 0.288 e. The summed E-state index contributed by atoms with van der Waals surface area (Å²) in [6, 6.07) is 4.90. The largest absolute Gasteiger partial charge is 0.618 e. The van der Waals surface area contributed by atoms with Crippen molar-refractivity contribution in [2.45, 2.75) is 33.3 Å². The molecule has 0 atom stereocenters. The Balaban J connectivity index is 2.72. The Morgan fingerprint density at radius 1 is 1.25 bits per heavy atom. The fourth-order valence-corrected chi connectivity index (χ4v) is 1.96. The lowest BCUT2D eigenvalue weighted by Crippen LogP contribution is -2.35. The van der Waals surface area contributed by atoms with Crippen molar-refractivity contribution in [1.29, 1.82) is 0 Å². The molecular formula is C17H19FN2O4. The molecule has 2 rings (SSSR count). The highest BCUT2D eigenvalue weighted by molar-refractivity contribution is 6.13. The van der Waals surface area contributed by atoms with Crippen LogP contribution in [0.15, 0.2) is 35.6 Å². The molecule has 0 bridgehead atoms. The fourth-order valence-electron chi connectivity index (χ4n) is 1.96. The minimum atomic E-state index is -0.692. The lowest BCUT2D eigenvalue weighted by atomic mass is 10.0. The van der Waals surface area contributed by atoms with Gasteiger partial charge in [0.15, 0.2) is 17.7 Å². The number of pyridine rings is 1. The van der Waals surface area contributed by atoms with Crippen LogP contribution in [0.3, 0.4) is 0 Å². The van der Waals surface area contributed by atoms with Crippen molar-refractivity contribution in [1.82, 2.24) is 0 Å². The SMILES string of the molecule is Cc1cc(O)c(C(=NOC(C)(C)C)c2c(O)ccc[n+]2[O-])cc1F. The second kappa shape index (κ2) is 6.35. The molecule has 1 heterocycles. The number of halogens is 1. The lowest BCUT2D eigenvalue weighted by molar-refractivity contribution is -0.607. The van der Waals surface area contributed by atoms with Gasteiger partial charge >= 0.3 is 0 Å². The third-order valence-electron chi connectivity index (χ3n) is 3.11. The molecule has 0 saturated heterocycles. The zero-order valence-corrected chi connectivity index (χ0v) is 13.9. The molecule has 0 fully saturated rings. The maximum absolute atomic E-state index is 14.0. The lowest BCUT2D eigenvalue weighted by Gasteiger charge is -2.17. The number of phenolic OH excluding ortho intramolecular Hbond substituents is 1. The molecule has 2 aromatic rings. The van der Waals surface area contributed by atoms with E-state index in [9.17, 15) is 19.8 Å². The van der Waals surface area contributed by atoms with E-state index in [1.807, 2.05) is 0 Å². The monoisotopic (exact) mass is 334 g/mol. The highest BCUT2D eigenvalue weighted by atomic mass is 19.1. The van der Waals surface area contributed by atoms with Crippen molar-refractivity contribution in [3.63, 3.8) is 0 Å². The number of phenols is 1. The molecule has 0 aliphatic carbocycles. The number of aromatic nitrogens is 1. The number of nitrogens with zero attached hydrogens (tertiary/aromatic N) is 2. The fraction of sp³-hybridized carbons (Fsp3) is 0.294. The Hall–Kier alpha value is -2.83. The van der Waals surface area contributed by atoms with Gasteiger partial charge in [-0.15, -0.1) is 0 Å². The number of oxime groups is 1. The molecule has 6 nitrogen and oxygen atoms in total. The summed E-state index contributed by atoms with van der Waals surface area (Å²) in [5.74, 6) is -1.24. The first-order chi connectivity index (χ1) is 11.1. The van der Waals surface area contributed by atoms with E-state index in [0.717, 1.165) is 12.3 Å². The molecule has 0 saturated carbocycles. The van der Waals surface area contributed by atoms with E-state index in [1.165, 1.54) is 25.1 Å². The van der Waals surface area contributed by atoms with Crippen LogP contribution in [0, 0.1) is 17.9 Å². The third-order valence-corrected chi connectivity index (χ3v) is 3.11. The maximum Gasteiger partial charge on any atom is 0.288 e. The van der Waals surface area contributed by atoms with Crippen LogP contribution in [0.4, 0.5) is 4.39 Å². The van der Waals surface area contributed by atoms with Crippen molar-refractivity contribution >= 4 is 5.71 Å². The van der Waals surface area contributed by atoms with E-state index >= 15 is 0 Å². The number of rotatable bonds is 3. The van der Waals surface area contributed by atoms with Crippen LogP contribution in [0.25, 0.3) is 0 Å². The van der Waals surface area contributed by atoms with Crippen molar-refractivity contribution in [3.05, 3.63) is 58.3 Å². The first-order valence-electron chi connectivity index (χ1n) is 7.27. The zero-order chi connectivity index (χ0) is 18.1. The van der Waals surface area contributed by atoms with Gasteiger partial charge in [0.25, 0.3) is 5.69 Å². The van der Waals surface area contributed by atoms with E-state index < -0.39 is 11.4 Å². The highest BCUT2D eigenvalue weighted by Crippen LogP contribution is 2.27. The van der Waals surface area contributed by atoms with Gasteiger partial charge in [-0.2, -0.15) is 4.73 Å². The third kappa shape index (κ3) is 3.73. The molecule has 24 heavy (non-hydrogen) atoms. The van der Waals surface area contributed by atoms with Gasteiger partial charge in [0.2, 0.25) is 0 Å². The van der Waals surface area contributed by atoms with Crippen LogP contribution in [-0.2, 0) is 4.84 Å². The summed E-state index contributed by atoms with van der Waals surface area (Å²) in [6.45, 7) is 6.70. The number of hydrogen-bond acceptors (Lipinski definition) is 5. The number of aromatic hydroxyl groups is 2. The molecular weight excluding hydrogens is 315 g/mol. The second-order valence-corrected chi connectivity index (χ2v) is 6.33. The van der Waals surface area contributed by atoms with Crippen LogP contribution in [0.1, 0.15) is 37.6 Å². The van der Waals surface area contributed by atoms with E-state index in [2.05, 4.69) is 5.16 Å². The van der Waals surface area contributed by atoms with Gasteiger partial charge in [-0.05, 0) is 51.5 Å². The Labute approximate surface area is 139 Å². The minimum Gasteiger partial charge on any atom is -0.618 e. The Kier molecular flexibility index (Phi) is 4.64. The van der Waals surface area contributed by atoms with Crippen molar-refractivity contribution in [2.24, 2.45) is 5.16 Å². The van der Waals surface area contributed by atoms with Gasteiger partial charge < -0.3 is 20.3 Å². The van der Waals surface area contributed by atoms with Crippen LogP contribution in [0.2, 0.25) is 0 Å². The summed E-state index contributed by atoms with van der Waals surface area (Å²) in [6.07, 6.45) is 1.16. The summed E-state index contributed by atoms with van der Waals surface area (Å²) in [4.78, 5) is 5.33. The van der Waals surface area contributed by atoms with Gasteiger partial charge in [0, 0.05) is 6.07 Å². The molecule has 128 valence electrons. The predicted octanol–water partition coefficient (Wildman–Crippen LogP) is 2.75. The van der Waals surface area contributed by atoms with Crippen LogP contribution >= 0.6 is 0 Å². The molecule has 0 radical (unpaired) electrons. The van der Waals surface area contributed by atoms with Crippen molar-refractivity contribution < 1.29 is 24.2 Å². The Bertz CT molecular complexity index is 778. The standard InChI is InChI=1S/C17H19FN2O4/c1-10-8-14(22)11(9-12(10)18)15(19-24-17(2,3)4)16-13(21)6-5-7-20(16)23/h5-9,21-22H,1-4H3. The molecule has 1 aromatic heterocycles. The molecule has 0 aliphatic rings. The topological polar surface area (TPSA) is 89.0 Å². The summed E-state index contributed by atoms with van der Waals surface area (Å²) in [5, 5.41) is 36.2.